The van der Waals surface area contributed by atoms with Gasteiger partial charge in [-0.2, -0.15) is 0 Å². The third-order valence-electron chi connectivity index (χ3n) is 5.37. The molecule has 1 amide bonds. The maximum atomic E-state index is 13.0. The molecular formula is C27H31NO7. The monoisotopic (exact) mass is 481 g/mol. The summed E-state index contributed by atoms with van der Waals surface area (Å²) in [5.41, 5.74) is -0.435. The summed E-state index contributed by atoms with van der Waals surface area (Å²) in [4.78, 5) is 51.9. The van der Waals surface area contributed by atoms with Gasteiger partial charge in [-0.25, -0.2) is 4.79 Å². The predicted molar refractivity (Wildman–Crippen MR) is 128 cm³/mol. The Balaban J connectivity index is 1.63. The summed E-state index contributed by atoms with van der Waals surface area (Å²) >= 11 is 0. The van der Waals surface area contributed by atoms with Crippen molar-refractivity contribution in [1.29, 1.82) is 0 Å². The van der Waals surface area contributed by atoms with Crippen LogP contribution in [0, 0.1) is 5.92 Å². The highest BCUT2D eigenvalue weighted by molar-refractivity contribution is 6.13. The average Bonchev–Trinajstić information content (AvgIpc) is 2.82. The normalized spacial score (nSPS) is 16.7. The average molecular weight is 482 g/mol. The molecule has 0 saturated carbocycles. The minimum atomic E-state index is -1.56. The first-order valence-corrected chi connectivity index (χ1v) is 11.6. The van der Waals surface area contributed by atoms with Crippen molar-refractivity contribution in [3.05, 3.63) is 60.2 Å². The molecule has 186 valence electrons. The van der Waals surface area contributed by atoms with E-state index in [9.17, 15) is 19.2 Å². The van der Waals surface area contributed by atoms with Gasteiger partial charge in [0.1, 0.15) is 17.1 Å². The molecule has 2 aromatic rings. The largest absolute Gasteiger partial charge is 0.457 e. The molecule has 35 heavy (non-hydrogen) atoms. The number of hydrogen-bond donors (Lipinski definition) is 0. The fraction of sp³-hybridized carbons (Fsp3) is 0.407. The van der Waals surface area contributed by atoms with Crippen molar-refractivity contribution in [3.63, 3.8) is 0 Å². The van der Waals surface area contributed by atoms with Crippen molar-refractivity contribution in [1.82, 2.24) is 4.90 Å². The van der Waals surface area contributed by atoms with Crippen molar-refractivity contribution in [2.24, 2.45) is 5.92 Å². The van der Waals surface area contributed by atoms with Crippen LogP contribution in [0.25, 0.3) is 0 Å². The van der Waals surface area contributed by atoms with Crippen LogP contribution in [0.5, 0.6) is 11.5 Å². The Bertz CT molecular complexity index is 1060. The molecule has 1 saturated heterocycles. The molecule has 8 heteroatoms. The predicted octanol–water partition coefficient (Wildman–Crippen LogP) is 4.81. The number of Topliss-reactive ketones (excluding diaryl/α,β-unsaturated/α-hetero) is 2. The molecule has 0 aliphatic carbocycles. The molecule has 0 spiro atoms. The SMILES string of the molecule is CC(=O)C(OC(=O)C1CCCN(C(=O)OC(C)(C)C)C1)C(=O)c1ccc(Oc2ccccc2)cc1. The second-order valence-corrected chi connectivity index (χ2v) is 9.50. The summed E-state index contributed by atoms with van der Waals surface area (Å²) in [6.45, 7) is 7.08. The molecular weight excluding hydrogens is 450 g/mol. The van der Waals surface area contributed by atoms with Crippen LogP contribution in [-0.4, -0.2) is 53.3 Å². The Hall–Kier alpha value is -3.68. The Morgan fingerprint density at radius 2 is 1.57 bits per heavy atom. The first-order valence-electron chi connectivity index (χ1n) is 11.6. The van der Waals surface area contributed by atoms with Gasteiger partial charge >= 0.3 is 12.1 Å². The van der Waals surface area contributed by atoms with E-state index in [1.165, 1.54) is 24.0 Å². The van der Waals surface area contributed by atoms with Gasteiger partial charge in [0.05, 0.1) is 5.92 Å². The topological polar surface area (TPSA) is 99.2 Å². The summed E-state index contributed by atoms with van der Waals surface area (Å²) in [6, 6.07) is 15.4. The van der Waals surface area contributed by atoms with E-state index in [0.29, 0.717) is 30.9 Å². The van der Waals surface area contributed by atoms with Crippen LogP contribution in [0.3, 0.4) is 0 Å². The van der Waals surface area contributed by atoms with E-state index in [1.807, 2.05) is 18.2 Å². The molecule has 1 fully saturated rings. The van der Waals surface area contributed by atoms with E-state index in [-0.39, 0.29) is 12.1 Å². The molecule has 1 aliphatic heterocycles. The van der Waals surface area contributed by atoms with Crippen LogP contribution in [0.1, 0.15) is 50.9 Å². The number of rotatable bonds is 7. The van der Waals surface area contributed by atoms with Gasteiger partial charge in [-0.15, -0.1) is 0 Å². The van der Waals surface area contributed by atoms with Crippen LogP contribution in [0.2, 0.25) is 0 Å². The van der Waals surface area contributed by atoms with Gasteiger partial charge in [0.25, 0.3) is 0 Å². The Morgan fingerprint density at radius 1 is 0.943 bits per heavy atom. The van der Waals surface area contributed by atoms with Crippen molar-refractivity contribution < 1.29 is 33.4 Å². The lowest BCUT2D eigenvalue weighted by molar-refractivity contribution is -0.157. The van der Waals surface area contributed by atoms with E-state index in [1.54, 1.807) is 45.0 Å². The Morgan fingerprint density at radius 3 is 2.17 bits per heavy atom. The third-order valence-corrected chi connectivity index (χ3v) is 5.37. The molecule has 2 atom stereocenters. The van der Waals surface area contributed by atoms with Crippen molar-refractivity contribution in [2.45, 2.75) is 52.2 Å². The highest BCUT2D eigenvalue weighted by Gasteiger charge is 2.35. The number of piperidine rings is 1. The molecule has 0 aromatic heterocycles. The lowest BCUT2D eigenvalue weighted by Crippen LogP contribution is -2.46. The summed E-state index contributed by atoms with van der Waals surface area (Å²) in [6.07, 6.45) is -0.990. The lowest BCUT2D eigenvalue weighted by Gasteiger charge is -2.33. The lowest BCUT2D eigenvalue weighted by atomic mass is 9.98. The van der Waals surface area contributed by atoms with Gasteiger partial charge in [0.15, 0.2) is 5.78 Å². The maximum Gasteiger partial charge on any atom is 0.410 e. The Labute approximate surface area is 205 Å². The summed E-state index contributed by atoms with van der Waals surface area (Å²) in [5, 5.41) is 0. The number of carbonyl (C=O) groups is 4. The van der Waals surface area contributed by atoms with E-state index < -0.39 is 41.3 Å². The molecule has 2 aromatic carbocycles. The number of esters is 1. The molecule has 0 radical (unpaired) electrons. The molecule has 8 nitrogen and oxygen atoms in total. The zero-order valence-electron chi connectivity index (χ0n) is 20.5. The number of amides is 1. The van der Waals surface area contributed by atoms with Crippen LogP contribution >= 0.6 is 0 Å². The van der Waals surface area contributed by atoms with Gasteiger partial charge in [-0.05, 0) is 76.9 Å². The Kier molecular flexibility index (Phi) is 8.27. The minimum absolute atomic E-state index is 0.109. The number of benzene rings is 2. The fourth-order valence-corrected chi connectivity index (χ4v) is 3.66. The molecule has 0 N–H and O–H groups in total. The van der Waals surface area contributed by atoms with E-state index >= 15 is 0 Å². The van der Waals surface area contributed by atoms with E-state index in [0.717, 1.165) is 0 Å². The van der Waals surface area contributed by atoms with Crippen LogP contribution in [0.15, 0.2) is 54.6 Å². The molecule has 2 unspecified atom stereocenters. The first kappa shape index (κ1) is 25.9. The second kappa shape index (κ2) is 11.2. The van der Waals surface area contributed by atoms with Crippen LogP contribution < -0.4 is 4.74 Å². The minimum Gasteiger partial charge on any atom is -0.457 e. The van der Waals surface area contributed by atoms with Gasteiger partial charge in [0.2, 0.25) is 11.9 Å². The summed E-state index contributed by atoms with van der Waals surface area (Å²) in [5.74, 6) is -1.35. The fourth-order valence-electron chi connectivity index (χ4n) is 3.66. The van der Waals surface area contributed by atoms with Crippen LogP contribution in [-0.2, 0) is 19.1 Å². The standard InChI is InChI=1S/C27H31NO7/c1-18(29)24(23(30)19-12-14-22(15-13-19)33-21-10-6-5-7-11-21)34-25(31)20-9-8-16-28(17-20)26(32)35-27(2,3)4/h5-7,10-15,20,24H,8-9,16-17H2,1-4H3. The van der Waals surface area contributed by atoms with E-state index in [4.69, 9.17) is 14.2 Å². The number of carbonyl (C=O) groups excluding carboxylic acids is 4. The maximum absolute atomic E-state index is 13.0. The van der Waals surface area contributed by atoms with Crippen molar-refractivity contribution in [2.75, 3.05) is 13.1 Å². The molecule has 0 bridgehead atoms. The van der Waals surface area contributed by atoms with E-state index in [2.05, 4.69) is 0 Å². The summed E-state index contributed by atoms with van der Waals surface area (Å²) in [7, 11) is 0. The zero-order valence-corrected chi connectivity index (χ0v) is 20.5. The number of likely N-dealkylation sites (tertiary alicyclic amines) is 1. The van der Waals surface area contributed by atoms with Gasteiger partial charge in [0, 0.05) is 18.7 Å². The third kappa shape index (κ3) is 7.40. The van der Waals surface area contributed by atoms with Crippen molar-refractivity contribution in [3.8, 4) is 11.5 Å². The smallest absolute Gasteiger partial charge is 0.410 e. The number of nitrogens with zero attached hydrogens (tertiary/aromatic N) is 1. The van der Waals surface area contributed by atoms with Gasteiger partial charge in [-0.3, -0.25) is 14.4 Å². The zero-order chi connectivity index (χ0) is 25.6. The molecule has 1 aliphatic rings. The molecule has 3 rings (SSSR count). The highest BCUT2D eigenvalue weighted by atomic mass is 16.6. The number of para-hydroxylation sites is 1. The van der Waals surface area contributed by atoms with Gasteiger partial charge in [-0.1, -0.05) is 18.2 Å². The van der Waals surface area contributed by atoms with Gasteiger partial charge < -0.3 is 19.1 Å². The first-order chi connectivity index (χ1) is 16.5. The highest BCUT2D eigenvalue weighted by Crippen LogP contribution is 2.24. The quantitative estimate of drug-likeness (QED) is 0.318. The second-order valence-electron chi connectivity index (χ2n) is 9.50. The van der Waals surface area contributed by atoms with Crippen LogP contribution in [0.4, 0.5) is 4.79 Å². The number of hydrogen-bond acceptors (Lipinski definition) is 7. The number of ether oxygens (including phenoxy) is 3. The van der Waals surface area contributed by atoms with Crippen molar-refractivity contribution >= 4 is 23.6 Å². The molecule has 1 heterocycles. The number of ketones is 2. The summed E-state index contributed by atoms with van der Waals surface area (Å²) < 4.78 is 16.5.